The second kappa shape index (κ2) is 2.84. The Kier molecular flexibility index (Phi) is 2.17. The van der Waals surface area contributed by atoms with Gasteiger partial charge in [-0.05, 0) is 12.5 Å². The summed E-state index contributed by atoms with van der Waals surface area (Å²) in [5, 5.41) is 9.04. The Labute approximate surface area is 68.2 Å². The highest BCUT2D eigenvalue weighted by Gasteiger charge is 2.39. The first kappa shape index (κ1) is 9.16. The molecule has 0 aromatic rings. The third-order valence-electron chi connectivity index (χ3n) is 1.87. The van der Waals surface area contributed by atoms with Crippen molar-refractivity contribution >= 4 is 0 Å². The van der Waals surface area contributed by atoms with Crippen molar-refractivity contribution in [2.24, 2.45) is 5.92 Å². The molecule has 0 saturated heterocycles. The molecule has 1 N–H and O–H groups in total. The molecule has 0 aromatic heterocycles. The molecule has 12 heavy (non-hydrogen) atoms. The highest BCUT2D eigenvalue weighted by Crippen LogP contribution is 2.34. The highest BCUT2D eigenvalue weighted by molar-refractivity contribution is 5.25. The molecule has 1 nitrogen and oxygen atoms in total. The molecule has 1 aliphatic rings. The van der Waals surface area contributed by atoms with Gasteiger partial charge in [-0.2, -0.15) is 13.2 Å². The molecule has 0 amide bonds. The molecule has 0 bridgehead atoms. The van der Waals surface area contributed by atoms with Gasteiger partial charge in [0.15, 0.2) is 0 Å². The summed E-state index contributed by atoms with van der Waals surface area (Å²) in [6, 6.07) is 0. The molecule has 1 atom stereocenters. The maximum absolute atomic E-state index is 12.1. The first-order valence-electron chi connectivity index (χ1n) is 3.55. The van der Waals surface area contributed by atoms with Crippen molar-refractivity contribution in [3.05, 3.63) is 23.5 Å². The van der Waals surface area contributed by atoms with E-state index in [1.165, 1.54) is 6.08 Å². The molecule has 0 spiro atoms. The normalized spacial score (nSPS) is 24.8. The van der Waals surface area contributed by atoms with Crippen LogP contribution in [0.3, 0.4) is 0 Å². The van der Waals surface area contributed by atoms with E-state index in [1.54, 1.807) is 6.92 Å². The van der Waals surface area contributed by atoms with Crippen molar-refractivity contribution in [1.82, 2.24) is 0 Å². The van der Waals surface area contributed by atoms with Gasteiger partial charge >= 0.3 is 6.18 Å². The molecule has 68 valence electrons. The van der Waals surface area contributed by atoms with E-state index in [0.29, 0.717) is 5.57 Å². The number of rotatable bonds is 0. The summed E-state index contributed by atoms with van der Waals surface area (Å²) in [5.41, 5.74) is 0.510. The zero-order chi connectivity index (χ0) is 9.35. The molecular formula is C8H9F3O. The van der Waals surface area contributed by atoms with Crippen LogP contribution < -0.4 is 0 Å². The fraction of sp³-hybridized carbons (Fsp3) is 0.500. The number of hydrogen-bond donors (Lipinski definition) is 1. The molecule has 0 radical (unpaired) electrons. The maximum Gasteiger partial charge on any atom is 0.395 e. The first-order chi connectivity index (χ1) is 5.41. The Morgan fingerprint density at radius 2 is 2.08 bits per heavy atom. The van der Waals surface area contributed by atoms with Crippen LogP contribution in [-0.2, 0) is 0 Å². The molecule has 1 unspecified atom stereocenters. The van der Waals surface area contributed by atoms with Crippen LogP contribution in [0.5, 0.6) is 0 Å². The lowest BCUT2D eigenvalue weighted by atomic mass is 9.95. The van der Waals surface area contributed by atoms with Gasteiger partial charge in [0.05, 0.1) is 11.7 Å². The summed E-state index contributed by atoms with van der Waals surface area (Å²) in [6.07, 6.45) is -2.19. The lowest BCUT2D eigenvalue weighted by Crippen LogP contribution is -2.23. The number of aliphatic hydroxyl groups is 1. The predicted octanol–water partition coefficient (Wildman–Crippen LogP) is 2.96. The summed E-state index contributed by atoms with van der Waals surface area (Å²) >= 11 is 0. The van der Waals surface area contributed by atoms with Gasteiger partial charge in [-0.1, -0.05) is 12.2 Å². The van der Waals surface area contributed by atoms with E-state index in [-0.39, 0.29) is 12.2 Å². The van der Waals surface area contributed by atoms with E-state index in [4.69, 9.17) is 5.11 Å². The van der Waals surface area contributed by atoms with Crippen LogP contribution in [0.15, 0.2) is 23.5 Å². The summed E-state index contributed by atoms with van der Waals surface area (Å²) < 4.78 is 36.2. The highest BCUT2D eigenvalue weighted by atomic mass is 19.4. The van der Waals surface area contributed by atoms with Gasteiger partial charge in [0, 0.05) is 6.42 Å². The largest absolute Gasteiger partial charge is 0.512 e. The lowest BCUT2D eigenvalue weighted by Gasteiger charge is -2.20. The zero-order valence-electron chi connectivity index (χ0n) is 6.52. The third kappa shape index (κ3) is 1.81. The maximum atomic E-state index is 12.1. The van der Waals surface area contributed by atoms with Crippen molar-refractivity contribution < 1.29 is 18.3 Å². The van der Waals surface area contributed by atoms with Crippen molar-refractivity contribution in [1.29, 1.82) is 0 Å². The minimum atomic E-state index is -4.24. The summed E-state index contributed by atoms with van der Waals surface area (Å²) in [6.45, 7) is 1.58. The van der Waals surface area contributed by atoms with Gasteiger partial charge in [0.25, 0.3) is 0 Å². The van der Waals surface area contributed by atoms with E-state index in [2.05, 4.69) is 0 Å². The van der Waals surface area contributed by atoms with Crippen LogP contribution in [0.25, 0.3) is 0 Å². The van der Waals surface area contributed by atoms with Crippen LogP contribution in [0.4, 0.5) is 13.2 Å². The van der Waals surface area contributed by atoms with Gasteiger partial charge in [0.1, 0.15) is 0 Å². The average molecular weight is 178 g/mol. The van der Waals surface area contributed by atoms with Crippen LogP contribution in [0.1, 0.15) is 13.3 Å². The van der Waals surface area contributed by atoms with E-state index in [1.807, 2.05) is 0 Å². The second-order valence-corrected chi connectivity index (χ2v) is 2.84. The fourth-order valence-corrected chi connectivity index (χ4v) is 1.02. The standard InChI is InChI=1S/C8H9F3O/c1-5-2-3-6(4-7(5)12)8(9,10)11/h2-3,6,12H,4H2,1H3. The Hall–Kier alpha value is -0.930. The Balaban J connectivity index is 2.76. The summed E-state index contributed by atoms with van der Waals surface area (Å²) in [5.74, 6) is -1.69. The molecule has 1 aliphatic carbocycles. The summed E-state index contributed by atoms with van der Waals surface area (Å²) in [7, 11) is 0. The SMILES string of the molecule is CC1=C(O)CC(C(F)(F)F)C=C1. The predicted molar refractivity (Wildman–Crippen MR) is 38.6 cm³/mol. The van der Waals surface area contributed by atoms with Crippen molar-refractivity contribution in [2.45, 2.75) is 19.5 Å². The number of halogens is 3. The monoisotopic (exact) mass is 178 g/mol. The Morgan fingerprint density at radius 1 is 1.50 bits per heavy atom. The van der Waals surface area contributed by atoms with E-state index in [9.17, 15) is 13.2 Å². The molecule has 1 rings (SSSR count). The zero-order valence-corrected chi connectivity index (χ0v) is 6.52. The molecule has 0 aromatic carbocycles. The van der Waals surface area contributed by atoms with E-state index in [0.717, 1.165) is 6.08 Å². The minimum absolute atomic E-state index is 0.167. The quantitative estimate of drug-likeness (QED) is 0.604. The molecule has 0 fully saturated rings. The third-order valence-corrected chi connectivity index (χ3v) is 1.87. The number of allylic oxidation sites excluding steroid dienone is 4. The number of hydrogen-bond acceptors (Lipinski definition) is 1. The molecule has 0 heterocycles. The van der Waals surface area contributed by atoms with Crippen molar-refractivity contribution in [2.75, 3.05) is 0 Å². The fourth-order valence-electron chi connectivity index (χ4n) is 1.02. The van der Waals surface area contributed by atoms with Crippen LogP contribution in [-0.4, -0.2) is 11.3 Å². The van der Waals surface area contributed by atoms with Crippen LogP contribution >= 0.6 is 0 Å². The minimum Gasteiger partial charge on any atom is -0.512 e. The van der Waals surface area contributed by atoms with Crippen LogP contribution in [0, 0.1) is 5.92 Å². The lowest BCUT2D eigenvalue weighted by molar-refractivity contribution is -0.162. The van der Waals surface area contributed by atoms with Gasteiger partial charge in [-0.15, -0.1) is 0 Å². The van der Waals surface area contributed by atoms with E-state index < -0.39 is 12.1 Å². The Bertz CT molecular complexity index is 237. The number of aliphatic hydroxyl groups excluding tert-OH is 1. The summed E-state index contributed by atoms with van der Waals surface area (Å²) in [4.78, 5) is 0. The molecule has 0 aliphatic heterocycles. The van der Waals surface area contributed by atoms with Crippen LogP contribution in [0.2, 0.25) is 0 Å². The second-order valence-electron chi connectivity index (χ2n) is 2.84. The van der Waals surface area contributed by atoms with E-state index >= 15 is 0 Å². The van der Waals surface area contributed by atoms with Crippen molar-refractivity contribution in [3.63, 3.8) is 0 Å². The smallest absolute Gasteiger partial charge is 0.395 e. The molecule has 0 saturated carbocycles. The van der Waals surface area contributed by atoms with Crippen molar-refractivity contribution in [3.8, 4) is 0 Å². The average Bonchev–Trinajstić information content (AvgIpc) is 1.92. The Morgan fingerprint density at radius 3 is 2.50 bits per heavy atom. The topological polar surface area (TPSA) is 20.2 Å². The van der Waals surface area contributed by atoms with Gasteiger partial charge in [-0.25, -0.2) is 0 Å². The first-order valence-corrected chi connectivity index (χ1v) is 3.55. The van der Waals surface area contributed by atoms with Gasteiger partial charge in [-0.3, -0.25) is 0 Å². The van der Waals surface area contributed by atoms with Gasteiger partial charge < -0.3 is 5.11 Å². The molecule has 4 heteroatoms. The number of alkyl halides is 3. The van der Waals surface area contributed by atoms with Gasteiger partial charge in [0.2, 0.25) is 0 Å². The molecular weight excluding hydrogens is 169 g/mol.